The molecule has 1 saturated carbocycles. The number of nitrogens with two attached hydrogens (primary N) is 2. The van der Waals surface area contributed by atoms with Gasteiger partial charge in [-0.25, -0.2) is 9.38 Å². The molecule has 3 rings (SSSR count). The fourth-order valence-corrected chi connectivity index (χ4v) is 5.02. The van der Waals surface area contributed by atoms with Crippen molar-refractivity contribution in [2.45, 2.75) is 37.8 Å². The van der Waals surface area contributed by atoms with E-state index < -0.39 is 11.5 Å². The third-order valence-corrected chi connectivity index (χ3v) is 6.97. The second-order valence-corrected chi connectivity index (χ2v) is 8.08. The molecule has 0 saturated heterocycles. The van der Waals surface area contributed by atoms with Crippen LogP contribution in [-0.4, -0.2) is 17.6 Å². The van der Waals surface area contributed by atoms with Crippen LogP contribution in [0.3, 0.4) is 0 Å². The Labute approximate surface area is 165 Å². The van der Waals surface area contributed by atoms with Gasteiger partial charge in [-0.15, -0.1) is 0 Å². The molecule has 1 spiro atoms. The van der Waals surface area contributed by atoms with Crippen molar-refractivity contribution in [3.05, 3.63) is 24.8 Å². The van der Waals surface area contributed by atoms with Gasteiger partial charge in [0, 0.05) is 0 Å². The van der Waals surface area contributed by atoms with Crippen LogP contribution in [0.5, 0.6) is 0 Å². The lowest BCUT2D eigenvalue weighted by molar-refractivity contribution is 0.305. The zero-order chi connectivity index (χ0) is 17.6. The third-order valence-electron chi connectivity index (χ3n) is 4.26. The largest absolute Gasteiger partial charge is 0.369 e. The predicted molar refractivity (Wildman–Crippen MR) is 103 cm³/mol. The number of nitrogens with zero attached hydrogens (tertiary/aromatic N) is 3. The van der Waals surface area contributed by atoms with Crippen molar-refractivity contribution >= 4 is 72.7 Å². The summed E-state index contributed by atoms with van der Waals surface area (Å²) < 4.78 is 14.8. The number of anilines is 1. The molecule has 4 N–H and O–H groups in total. The second kappa shape index (κ2) is 6.63. The fraction of sp³-hybridized carbons (Fsp3) is 0.429. The average Bonchev–Trinajstić information content (AvgIpc) is 2.54. The summed E-state index contributed by atoms with van der Waals surface area (Å²) in [6.07, 6.45) is 4.54. The van der Waals surface area contributed by atoms with Gasteiger partial charge >= 0.3 is 0 Å². The van der Waals surface area contributed by atoms with Crippen LogP contribution in [0.2, 0.25) is 10.0 Å². The smallest absolute Gasteiger partial charge is 0.220 e. The van der Waals surface area contributed by atoms with Gasteiger partial charge in [0.05, 0.1) is 24.7 Å². The Hall–Kier alpha value is -0.570. The molecule has 10 heteroatoms. The maximum Gasteiger partial charge on any atom is 0.220 e. The quantitative estimate of drug-likeness (QED) is 0.430. The van der Waals surface area contributed by atoms with Gasteiger partial charge in [-0.05, 0) is 57.5 Å². The summed E-state index contributed by atoms with van der Waals surface area (Å²) in [6, 6.07) is 0. The van der Waals surface area contributed by atoms with E-state index in [2.05, 4.69) is 41.8 Å². The number of aliphatic imine (C=N–C) groups is 2. The number of benzene rings is 1. The Bertz CT molecular complexity index is 733. The van der Waals surface area contributed by atoms with E-state index >= 15 is 0 Å². The highest BCUT2D eigenvalue weighted by Gasteiger charge is 2.44. The first-order chi connectivity index (χ1) is 11.3. The molecular weight excluding hydrogens is 488 g/mol. The summed E-state index contributed by atoms with van der Waals surface area (Å²) in [5, 5.41) is -0.251. The van der Waals surface area contributed by atoms with E-state index in [1.165, 1.54) is 0 Å². The van der Waals surface area contributed by atoms with Crippen LogP contribution in [0.15, 0.2) is 18.9 Å². The Balaban J connectivity index is 2.25. The molecule has 0 bridgehead atoms. The monoisotopic (exact) mass is 499 g/mol. The summed E-state index contributed by atoms with van der Waals surface area (Å²) in [6.45, 7) is 0. The highest BCUT2D eigenvalue weighted by atomic mass is 79.9. The lowest BCUT2D eigenvalue weighted by Gasteiger charge is -2.46. The van der Waals surface area contributed by atoms with E-state index in [1.807, 2.05) is 0 Å². The second-order valence-electron chi connectivity index (χ2n) is 5.74. The molecule has 1 aromatic carbocycles. The molecule has 0 unspecified atom stereocenters. The minimum atomic E-state index is -0.714. The highest BCUT2D eigenvalue weighted by Crippen LogP contribution is 2.50. The molecule has 1 heterocycles. The van der Waals surface area contributed by atoms with E-state index in [-0.39, 0.29) is 22.0 Å². The van der Waals surface area contributed by atoms with Crippen molar-refractivity contribution in [3.63, 3.8) is 0 Å². The van der Waals surface area contributed by atoms with Crippen LogP contribution in [0.25, 0.3) is 0 Å². The van der Waals surface area contributed by atoms with E-state index in [0.29, 0.717) is 14.6 Å². The average molecular weight is 502 g/mol. The Morgan fingerprint density at radius 3 is 2.12 bits per heavy atom. The highest BCUT2D eigenvalue weighted by molar-refractivity contribution is 9.11. The first kappa shape index (κ1) is 18.2. The fourth-order valence-electron chi connectivity index (χ4n) is 3.23. The van der Waals surface area contributed by atoms with E-state index in [4.69, 9.17) is 34.7 Å². The van der Waals surface area contributed by atoms with Crippen molar-refractivity contribution in [3.8, 4) is 0 Å². The summed E-state index contributed by atoms with van der Waals surface area (Å²) >= 11 is 18.9. The SMILES string of the molecule is NC1=NC2(CCCCC2)N(c2c(Br)c(Cl)c(F)c(Cl)c2Br)C(N)=N1. The number of hydrogen-bond acceptors (Lipinski definition) is 5. The van der Waals surface area contributed by atoms with E-state index in [0.717, 1.165) is 32.1 Å². The molecule has 130 valence electrons. The summed E-state index contributed by atoms with van der Waals surface area (Å²) in [7, 11) is 0. The zero-order valence-corrected chi connectivity index (χ0v) is 17.1. The molecule has 1 aromatic rings. The number of hydrogen-bond donors (Lipinski definition) is 2. The van der Waals surface area contributed by atoms with Gasteiger partial charge in [0.1, 0.15) is 5.66 Å². The molecule has 1 aliphatic carbocycles. The van der Waals surface area contributed by atoms with Crippen LogP contribution < -0.4 is 16.4 Å². The Morgan fingerprint density at radius 2 is 1.58 bits per heavy atom. The van der Waals surface area contributed by atoms with Crippen LogP contribution >= 0.6 is 55.1 Å². The van der Waals surface area contributed by atoms with Gasteiger partial charge in [-0.2, -0.15) is 4.99 Å². The van der Waals surface area contributed by atoms with Gasteiger partial charge in [0.15, 0.2) is 5.82 Å². The van der Waals surface area contributed by atoms with Crippen molar-refractivity contribution in [2.24, 2.45) is 21.5 Å². The molecule has 0 aromatic heterocycles. The number of halogens is 5. The Morgan fingerprint density at radius 1 is 1.04 bits per heavy atom. The minimum Gasteiger partial charge on any atom is -0.369 e. The normalized spacial score (nSPS) is 20.1. The molecule has 0 radical (unpaired) electrons. The number of guanidine groups is 2. The van der Waals surface area contributed by atoms with Crippen LogP contribution in [0.1, 0.15) is 32.1 Å². The standard InChI is InChI=1S/C14H14Br2Cl2FN5/c15-6-8(17)10(19)9(18)7(16)11(6)24-13(21)22-12(20)23-14(24)4-2-1-3-5-14/h1-5H2,(H4,20,21,22,23). The molecule has 1 fully saturated rings. The summed E-state index contributed by atoms with van der Waals surface area (Å²) in [5.41, 5.74) is 11.8. The molecule has 24 heavy (non-hydrogen) atoms. The maximum absolute atomic E-state index is 14.1. The lowest BCUT2D eigenvalue weighted by atomic mass is 9.87. The predicted octanol–water partition coefficient (Wildman–Crippen LogP) is 4.77. The Kier molecular flexibility index (Phi) is 5.03. The van der Waals surface area contributed by atoms with E-state index in [9.17, 15) is 4.39 Å². The van der Waals surface area contributed by atoms with Gasteiger partial charge in [0.2, 0.25) is 11.9 Å². The molecule has 2 aliphatic rings. The summed E-state index contributed by atoms with van der Waals surface area (Å²) in [4.78, 5) is 10.4. The molecule has 0 atom stereocenters. The third kappa shape index (κ3) is 2.81. The van der Waals surface area contributed by atoms with Crippen LogP contribution in [-0.2, 0) is 0 Å². The van der Waals surface area contributed by atoms with Crippen LogP contribution in [0.4, 0.5) is 10.1 Å². The van der Waals surface area contributed by atoms with Gasteiger partial charge in [-0.1, -0.05) is 29.6 Å². The van der Waals surface area contributed by atoms with Crippen molar-refractivity contribution < 1.29 is 4.39 Å². The summed E-state index contributed by atoms with van der Waals surface area (Å²) in [5.74, 6) is -0.407. The zero-order valence-electron chi connectivity index (χ0n) is 12.4. The lowest BCUT2D eigenvalue weighted by Crippen LogP contribution is -2.58. The van der Waals surface area contributed by atoms with E-state index in [1.54, 1.807) is 4.90 Å². The molecule has 1 aliphatic heterocycles. The molecule has 0 amide bonds. The number of rotatable bonds is 1. The van der Waals surface area contributed by atoms with Crippen molar-refractivity contribution in [1.82, 2.24) is 0 Å². The van der Waals surface area contributed by atoms with Crippen molar-refractivity contribution in [1.29, 1.82) is 0 Å². The molecular formula is C14H14Br2Cl2FN5. The first-order valence-corrected chi connectivity index (χ1v) is 9.64. The van der Waals surface area contributed by atoms with Crippen molar-refractivity contribution in [2.75, 3.05) is 4.90 Å². The van der Waals surface area contributed by atoms with Gasteiger partial charge in [-0.3, -0.25) is 4.90 Å². The topological polar surface area (TPSA) is 80.0 Å². The van der Waals surface area contributed by atoms with Crippen LogP contribution in [0, 0.1) is 5.82 Å². The van der Waals surface area contributed by atoms with Gasteiger partial charge < -0.3 is 11.5 Å². The van der Waals surface area contributed by atoms with Gasteiger partial charge in [0.25, 0.3) is 0 Å². The maximum atomic E-state index is 14.1. The first-order valence-electron chi connectivity index (χ1n) is 7.29. The molecule has 5 nitrogen and oxygen atoms in total. The minimum absolute atomic E-state index is 0.125.